The molecular weight excluding hydrogens is 263 g/mol. The molecule has 1 rings (SSSR count). The summed E-state index contributed by atoms with van der Waals surface area (Å²) in [6.45, 7) is 1.35. The van der Waals surface area contributed by atoms with Crippen molar-refractivity contribution in [3.63, 3.8) is 0 Å². The standard InChI is InChI=1S/C10H13FN2O4S/c1-6(10(14)15)13-9-4-3-7(5-8(9)11)18(16,17)12-2/h3-6,12-13H,1-2H3,(H,14,15)/t6-/m1/s1. The second-order valence-electron chi connectivity index (χ2n) is 3.55. The number of nitrogens with one attached hydrogen (secondary N) is 2. The van der Waals surface area contributed by atoms with E-state index < -0.39 is 27.9 Å². The number of anilines is 1. The third kappa shape index (κ3) is 3.17. The third-order valence-electron chi connectivity index (χ3n) is 2.26. The largest absolute Gasteiger partial charge is 0.480 e. The van der Waals surface area contributed by atoms with Gasteiger partial charge in [0.15, 0.2) is 0 Å². The molecule has 18 heavy (non-hydrogen) atoms. The van der Waals surface area contributed by atoms with E-state index in [1.54, 1.807) is 0 Å². The average molecular weight is 276 g/mol. The fourth-order valence-electron chi connectivity index (χ4n) is 1.19. The number of carbonyl (C=O) groups is 1. The predicted octanol–water partition coefficient (Wildman–Crippen LogP) is 0.619. The summed E-state index contributed by atoms with van der Waals surface area (Å²) >= 11 is 0. The minimum atomic E-state index is -3.72. The molecule has 0 spiro atoms. The van der Waals surface area contributed by atoms with Gasteiger partial charge in [0.1, 0.15) is 11.9 Å². The first-order valence-electron chi connectivity index (χ1n) is 5.00. The van der Waals surface area contributed by atoms with E-state index in [4.69, 9.17) is 5.11 Å². The van der Waals surface area contributed by atoms with Crippen molar-refractivity contribution in [3.05, 3.63) is 24.0 Å². The number of benzene rings is 1. The SMILES string of the molecule is CNS(=O)(=O)c1ccc(N[C@H](C)C(=O)O)c(F)c1. The Hall–Kier alpha value is -1.67. The molecule has 0 saturated heterocycles. The molecule has 0 aliphatic rings. The lowest BCUT2D eigenvalue weighted by Gasteiger charge is -2.12. The van der Waals surface area contributed by atoms with Crippen molar-refractivity contribution in [2.45, 2.75) is 17.9 Å². The van der Waals surface area contributed by atoms with Crippen LogP contribution < -0.4 is 10.0 Å². The van der Waals surface area contributed by atoms with Crippen LogP contribution in [0.3, 0.4) is 0 Å². The van der Waals surface area contributed by atoms with Gasteiger partial charge in [0.05, 0.1) is 10.6 Å². The lowest BCUT2D eigenvalue weighted by molar-refractivity contribution is -0.137. The van der Waals surface area contributed by atoms with Gasteiger partial charge in [-0.1, -0.05) is 0 Å². The van der Waals surface area contributed by atoms with Gasteiger partial charge in [0, 0.05) is 0 Å². The van der Waals surface area contributed by atoms with Crippen LogP contribution in [0.15, 0.2) is 23.1 Å². The van der Waals surface area contributed by atoms with Gasteiger partial charge >= 0.3 is 5.97 Å². The minimum Gasteiger partial charge on any atom is -0.480 e. The maximum atomic E-state index is 13.6. The molecule has 0 saturated carbocycles. The Bertz CT molecular complexity index is 559. The molecule has 6 nitrogen and oxygen atoms in total. The van der Waals surface area contributed by atoms with E-state index in [0.29, 0.717) is 0 Å². The number of aliphatic carboxylic acids is 1. The van der Waals surface area contributed by atoms with E-state index in [0.717, 1.165) is 6.07 Å². The number of hydrogen-bond acceptors (Lipinski definition) is 4. The molecule has 1 aromatic rings. The highest BCUT2D eigenvalue weighted by Gasteiger charge is 2.16. The Kier molecular flexibility index (Phi) is 4.25. The van der Waals surface area contributed by atoms with Gasteiger partial charge in [0.25, 0.3) is 0 Å². The summed E-state index contributed by atoms with van der Waals surface area (Å²) in [5, 5.41) is 11.1. The first-order chi connectivity index (χ1) is 8.27. The van der Waals surface area contributed by atoms with Crippen LogP contribution in [0.1, 0.15) is 6.92 Å². The molecular formula is C10H13FN2O4S. The van der Waals surface area contributed by atoms with E-state index in [1.807, 2.05) is 0 Å². The van der Waals surface area contributed by atoms with Gasteiger partial charge in [0.2, 0.25) is 10.0 Å². The normalized spacial score (nSPS) is 13.1. The summed E-state index contributed by atoms with van der Waals surface area (Å²) in [7, 11) is -2.50. The first kappa shape index (κ1) is 14.4. The highest BCUT2D eigenvalue weighted by molar-refractivity contribution is 7.89. The van der Waals surface area contributed by atoms with Crippen molar-refractivity contribution in [2.75, 3.05) is 12.4 Å². The Balaban J connectivity index is 3.04. The highest BCUT2D eigenvalue weighted by atomic mass is 32.2. The first-order valence-corrected chi connectivity index (χ1v) is 6.48. The van der Waals surface area contributed by atoms with Crippen molar-refractivity contribution >= 4 is 21.7 Å². The quantitative estimate of drug-likeness (QED) is 0.732. The summed E-state index contributed by atoms with van der Waals surface area (Å²) in [5.41, 5.74) is -0.0695. The van der Waals surface area contributed by atoms with Gasteiger partial charge in [-0.15, -0.1) is 0 Å². The number of halogens is 1. The van der Waals surface area contributed by atoms with Crippen LogP contribution in [0.25, 0.3) is 0 Å². The second-order valence-corrected chi connectivity index (χ2v) is 5.44. The summed E-state index contributed by atoms with van der Waals surface area (Å²) in [6, 6.07) is 2.21. The van der Waals surface area contributed by atoms with Crippen LogP contribution in [-0.4, -0.2) is 32.6 Å². The monoisotopic (exact) mass is 276 g/mol. The van der Waals surface area contributed by atoms with E-state index in [9.17, 15) is 17.6 Å². The van der Waals surface area contributed by atoms with Gasteiger partial charge in [-0.3, -0.25) is 4.79 Å². The highest BCUT2D eigenvalue weighted by Crippen LogP contribution is 2.19. The Morgan fingerprint density at radius 2 is 2.06 bits per heavy atom. The maximum absolute atomic E-state index is 13.6. The molecule has 1 atom stereocenters. The maximum Gasteiger partial charge on any atom is 0.325 e. The summed E-state index contributed by atoms with van der Waals surface area (Å²) in [5.74, 6) is -1.97. The number of carboxylic acids is 1. The molecule has 8 heteroatoms. The lowest BCUT2D eigenvalue weighted by Crippen LogP contribution is -2.26. The molecule has 0 fully saturated rings. The molecule has 3 N–H and O–H groups in total. The number of rotatable bonds is 5. The molecule has 0 radical (unpaired) electrons. The van der Waals surface area contributed by atoms with Crippen LogP contribution in [-0.2, 0) is 14.8 Å². The smallest absolute Gasteiger partial charge is 0.325 e. The molecule has 0 aliphatic heterocycles. The molecule has 100 valence electrons. The molecule has 0 unspecified atom stereocenters. The third-order valence-corrected chi connectivity index (χ3v) is 3.67. The van der Waals surface area contributed by atoms with Gasteiger partial charge in [-0.05, 0) is 32.2 Å². The van der Waals surface area contributed by atoms with Gasteiger partial charge < -0.3 is 10.4 Å². The second kappa shape index (κ2) is 5.32. The zero-order chi connectivity index (χ0) is 13.9. The number of sulfonamides is 1. The fourth-order valence-corrected chi connectivity index (χ4v) is 1.93. The number of carboxylic acid groups (broad SMARTS) is 1. The Morgan fingerprint density at radius 1 is 1.44 bits per heavy atom. The van der Waals surface area contributed by atoms with Crippen molar-refractivity contribution in [1.29, 1.82) is 0 Å². The summed E-state index contributed by atoms with van der Waals surface area (Å²) < 4.78 is 38.5. The fraction of sp³-hybridized carbons (Fsp3) is 0.300. The van der Waals surface area contributed by atoms with Crippen molar-refractivity contribution < 1.29 is 22.7 Å². The van der Waals surface area contributed by atoms with Crippen LogP contribution in [0.5, 0.6) is 0 Å². The molecule has 0 aromatic heterocycles. The van der Waals surface area contributed by atoms with E-state index in [2.05, 4.69) is 10.0 Å². The zero-order valence-corrected chi connectivity index (χ0v) is 10.6. The average Bonchev–Trinajstić information content (AvgIpc) is 2.31. The number of hydrogen-bond donors (Lipinski definition) is 3. The predicted molar refractivity (Wildman–Crippen MR) is 63.4 cm³/mol. The Morgan fingerprint density at radius 3 is 2.50 bits per heavy atom. The summed E-state index contributed by atoms with van der Waals surface area (Å²) in [4.78, 5) is 10.4. The van der Waals surface area contributed by atoms with Crippen LogP contribution in [0.4, 0.5) is 10.1 Å². The Labute approximate surface area is 104 Å². The van der Waals surface area contributed by atoms with Gasteiger partial charge in [-0.2, -0.15) is 0 Å². The lowest BCUT2D eigenvalue weighted by atomic mass is 10.2. The van der Waals surface area contributed by atoms with Crippen molar-refractivity contribution in [2.24, 2.45) is 0 Å². The minimum absolute atomic E-state index is 0.0695. The summed E-state index contributed by atoms with van der Waals surface area (Å²) in [6.07, 6.45) is 0. The van der Waals surface area contributed by atoms with Crippen molar-refractivity contribution in [1.82, 2.24) is 4.72 Å². The van der Waals surface area contributed by atoms with Crippen LogP contribution >= 0.6 is 0 Å². The van der Waals surface area contributed by atoms with Crippen LogP contribution in [0.2, 0.25) is 0 Å². The van der Waals surface area contributed by atoms with Crippen molar-refractivity contribution in [3.8, 4) is 0 Å². The molecule has 0 bridgehead atoms. The molecule has 0 heterocycles. The van der Waals surface area contributed by atoms with E-state index >= 15 is 0 Å². The molecule has 0 amide bonds. The van der Waals surface area contributed by atoms with Crippen LogP contribution in [0, 0.1) is 5.82 Å². The van der Waals surface area contributed by atoms with E-state index in [-0.39, 0.29) is 10.6 Å². The zero-order valence-electron chi connectivity index (χ0n) is 9.77. The molecule has 0 aliphatic carbocycles. The van der Waals surface area contributed by atoms with E-state index in [1.165, 1.54) is 26.1 Å². The van der Waals surface area contributed by atoms with Gasteiger partial charge in [-0.25, -0.2) is 17.5 Å². The topological polar surface area (TPSA) is 95.5 Å². The molecule has 1 aromatic carbocycles.